The largest absolute Gasteiger partial charge is 0.394 e. The summed E-state index contributed by atoms with van der Waals surface area (Å²) < 4.78 is 7.45. The van der Waals surface area contributed by atoms with E-state index in [1.54, 1.807) is 23.6 Å². The van der Waals surface area contributed by atoms with Gasteiger partial charge in [-0.1, -0.05) is 0 Å². The summed E-state index contributed by atoms with van der Waals surface area (Å²) in [6.45, 7) is -0.547. The normalized spacial score (nSPS) is 25.8. The molecule has 1 aliphatic rings. The lowest BCUT2D eigenvalue weighted by Gasteiger charge is -2.24. The molecule has 0 spiro atoms. The van der Waals surface area contributed by atoms with Crippen LogP contribution in [0.2, 0.25) is 0 Å². The molecular formula is C17H26N6O5. The third kappa shape index (κ3) is 3.53. The molecular weight excluding hydrogens is 368 g/mol. The molecule has 3 heterocycles. The minimum atomic E-state index is -1.23. The van der Waals surface area contributed by atoms with Crippen LogP contribution in [0.15, 0.2) is 12.7 Å². The first-order valence-electron chi connectivity index (χ1n) is 8.93. The Kier molecular flexibility index (Phi) is 5.79. The molecule has 0 aromatic carbocycles. The number of imidazole rings is 1. The van der Waals surface area contributed by atoms with Crippen LogP contribution in [-0.4, -0.2) is 98.8 Å². The summed E-state index contributed by atoms with van der Waals surface area (Å²) in [5, 5.41) is 30.5. The fourth-order valence-corrected chi connectivity index (χ4v) is 3.43. The van der Waals surface area contributed by atoms with Crippen LogP contribution < -0.4 is 4.90 Å². The van der Waals surface area contributed by atoms with E-state index in [0.29, 0.717) is 17.0 Å². The molecule has 1 aliphatic heterocycles. The Balaban J connectivity index is 1.97. The summed E-state index contributed by atoms with van der Waals surface area (Å²) in [6.07, 6.45) is -1.32. The molecule has 1 fully saturated rings. The maximum absolute atomic E-state index is 12.2. The molecule has 0 unspecified atom stereocenters. The summed E-state index contributed by atoms with van der Waals surface area (Å²) in [4.78, 5) is 28.2. The van der Waals surface area contributed by atoms with Gasteiger partial charge in [0, 0.05) is 40.5 Å². The number of amides is 1. The molecule has 3 N–H and O–H groups in total. The van der Waals surface area contributed by atoms with Crippen LogP contribution in [0.25, 0.3) is 11.2 Å². The predicted octanol–water partition coefficient (Wildman–Crippen LogP) is -1.40. The molecule has 3 rings (SSSR count). The molecule has 11 nitrogen and oxygen atoms in total. The summed E-state index contributed by atoms with van der Waals surface area (Å²) in [7, 11) is 6.89. The van der Waals surface area contributed by atoms with Crippen molar-refractivity contribution >= 4 is 22.9 Å². The Morgan fingerprint density at radius 1 is 1.29 bits per heavy atom. The van der Waals surface area contributed by atoms with Crippen LogP contribution >= 0.6 is 0 Å². The van der Waals surface area contributed by atoms with E-state index in [-0.39, 0.29) is 12.3 Å². The van der Waals surface area contributed by atoms with Crippen molar-refractivity contribution in [2.24, 2.45) is 5.92 Å². The van der Waals surface area contributed by atoms with Gasteiger partial charge in [0.05, 0.1) is 19.0 Å². The average molecular weight is 394 g/mol. The number of aliphatic hydroxyl groups excluding tert-OH is 3. The lowest BCUT2D eigenvalue weighted by Crippen LogP contribution is -2.39. The van der Waals surface area contributed by atoms with Crippen molar-refractivity contribution in [1.29, 1.82) is 0 Å². The molecule has 0 radical (unpaired) electrons. The lowest BCUT2D eigenvalue weighted by molar-refractivity contribution is -0.131. The topological polar surface area (TPSA) is 137 Å². The molecule has 11 heteroatoms. The summed E-state index contributed by atoms with van der Waals surface area (Å²) in [6, 6.07) is 0. The van der Waals surface area contributed by atoms with Crippen LogP contribution in [0.5, 0.6) is 0 Å². The summed E-state index contributed by atoms with van der Waals surface area (Å²) in [5.41, 5.74) is 0.995. The Bertz CT molecular complexity index is 841. The lowest BCUT2D eigenvalue weighted by atomic mass is 9.90. The molecule has 0 bridgehead atoms. The fraction of sp³-hybridized carbons (Fsp3) is 0.647. The van der Waals surface area contributed by atoms with Gasteiger partial charge < -0.3 is 29.9 Å². The van der Waals surface area contributed by atoms with Crippen molar-refractivity contribution < 1.29 is 24.9 Å². The monoisotopic (exact) mass is 394 g/mol. The highest BCUT2D eigenvalue weighted by Gasteiger charge is 2.48. The summed E-state index contributed by atoms with van der Waals surface area (Å²) in [5.74, 6) is -0.298. The zero-order chi connectivity index (χ0) is 20.6. The van der Waals surface area contributed by atoms with Gasteiger partial charge in [-0.3, -0.25) is 9.36 Å². The Morgan fingerprint density at radius 2 is 2.00 bits per heavy atom. The number of fused-ring (bicyclic) bond motifs is 1. The van der Waals surface area contributed by atoms with Gasteiger partial charge in [0.15, 0.2) is 23.2 Å². The number of rotatable bonds is 6. The number of aromatic nitrogens is 4. The highest BCUT2D eigenvalue weighted by atomic mass is 16.5. The predicted molar refractivity (Wildman–Crippen MR) is 99.5 cm³/mol. The van der Waals surface area contributed by atoms with E-state index in [0.717, 1.165) is 0 Å². The minimum absolute atomic E-state index is 0.0308. The van der Waals surface area contributed by atoms with E-state index >= 15 is 0 Å². The molecule has 5 atom stereocenters. The van der Waals surface area contributed by atoms with Crippen molar-refractivity contribution in [2.45, 2.75) is 31.0 Å². The third-order valence-electron chi connectivity index (χ3n) is 4.96. The second-order valence-corrected chi connectivity index (χ2v) is 7.30. The van der Waals surface area contributed by atoms with E-state index in [2.05, 4.69) is 15.0 Å². The molecule has 28 heavy (non-hydrogen) atoms. The number of aliphatic hydroxyl groups is 3. The highest BCUT2D eigenvalue weighted by Crippen LogP contribution is 2.39. The van der Waals surface area contributed by atoms with E-state index in [9.17, 15) is 20.1 Å². The van der Waals surface area contributed by atoms with Gasteiger partial charge in [0.25, 0.3) is 0 Å². The molecule has 0 aliphatic carbocycles. The van der Waals surface area contributed by atoms with Gasteiger partial charge in [-0.05, 0) is 0 Å². The number of carbonyl (C=O) groups excluding carboxylic acids is 1. The van der Waals surface area contributed by atoms with Crippen molar-refractivity contribution in [2.75, 3.05) is 39.7 Å². The second kappa shape index (κ2) is 7.95. The van der Waals surface area contributed by atoms with Crippen LogP contribution in [0.4, 0.5) is 5.82 Å². The number of ether oxygens (including phenoxy) is 1. The zero-order valence-corrected chi connectivity index (χ0v) is 16.3. The van der Waals surface area contributed by atoms with Crippen molar-refractivity contribution in [3.05, 3.63) is 12.7 Å². The van der Waals surface area contributed by atoms with E-state index in [1.165, 1.54) is 17.6 Å². The first-order chi connectivity index (χ1) is 13.3. The number of carbonyl (C=O) groups is 1. The Labute approximate surface area is 162 Å². The van der Waals surface area contributed by atoms with E-state index < -0.39 is 37.1 Å². The van der Waals surface area contributed by atoms with E-state index in [1.807, 2.05) is 14.1 Å². The average Bonchev–Trinajstić information content (AvgIpc) is 3.22. The van der Waals surface area contributed by atoms with E-state index in [4.69, 9.17) is 4.74 Å². The highest BCUT2D eigenvalue weighted by molar-refractivity contribution is 5.83. The molecule has 2 aromatic rings. The Morgan fingerprint density at radius 3 is 2.61 bits per heavy atom. The molecule has 2 aromatic heterocycles. The molecule has 1 amide bonds. The van der Waals surface area contributed by atoms with Crippen molar-refractivity contribution in [3.8, 4) is 0 Å². The number of hydrogen-bond donors (Lipinski definition) is 3. The van der Waals surface area contributed by atoms with Gasteiger partial charge in [0.1, 0.15) is 18.5 Å². The van der Waals surface area contributed by atoms with Crippen LogP contribution in [0.3, 0.4) is 0 Å². The van der Waals surface area contributed by atoms with Crippen molar-refractivity contribution in [1.82, 2.24) is 24.4 Å². The number of hydrogen-bond acceptors (Lipinski definition) is 9. The smallest absolute Gasteiger partial charge is 0.222 e. The fourth-order valence-electron chi connectivity index (χ4n) is 3.43. The second-order valence-electron chi connectivity index (χ2n) is 7.30. The first-order valence-corrected chi connectivity index (χ1v) is 8.93. The maximum Gasteiger partial charge on any atom is 0.222 e. The van der Waals surface area contributed by atoms with Gasteiger partial charge in [-0.2, -0.15) is 0 Å². The number of anilines is 1. The van der Waals surface area contributed by atoms with Gasteiger partial charge in [-0.15, -0.1) is 0 Å². The van der Waals surface area contributed by atoms with Gasteiger partial charge in [0.2, 0.25) is 5.91 Å². The van der Waals surface area contributed by atoms with Gasteiger partial charge >= 0.3 is 0 Å². The standard InChI is InChI=1S/C17H26N6O5/c1-21(2)11(26)5-9-13(27)17(28-14(9)10(25)6-24)23-8-20-12-15(22(3)4)18-7-19-16(12)23/h7-10,13-14,17,24-25,27H,5-6H2,1-4H3/t9-,10+,13+,14-,17+/m0/s1. The zero-order valence-electron chi connectivity index (χ0n) is 16.3. The summed E-state index contributed by atoms with van der Waals surface area (Å²) >= 11 is 0. The first kappa shape index (κ1) is 20.4. The van der Waals surface area contributed by atoms with Crippen molar-refractivity contribution in [3.63, 3.8) is 0 Å². The van der Waals surface area contributed by atoms with Gasteiger partial charge in [-0.25, -0.2) is 15.0 Å². The molecule has 1 saturated heterocycles. The maximum atomic E-state index is 12.2. The quantitative estimate of drug-likeness (QED) is 0.540. The Hall–Kier alpha value is -2.34. The SMILES string of the molecule is CN(C)C(=O)C[C@H]1[C@@H](O)[C@H](n2cnc3c(N(C)C)ncnc32)O[C@@H]1[C@H](O)CO. The van der Waals surface area contributed by atoms with Crippen LogP contribution in [0, 0.1) is 5.92 Å². The van der Waals surface area contributed by atoms with Crippen LogP contribution in [0.1, 0.15) is 12.6 Å². The number of nitrogens with zero attached hydrogens (tertiary/aromatic N) is 6. The minimum Gasteiger partial charge on any atom is -0.394 e. The van der Waals surface area contributed by atoms with Crippen LogP contribution in [-0.2, 0) is 9.53 Å². The molecule has 154 valence electrons. The molecule has 0 saturated carbocycles. The third-order valence-corrected chi connectivity index (χ3v) is 4.96.